The maximum absolute atomic E-state index is 13.0. The number of piperidine rings is 1. The lowest BCUT2D eigenvalue weighted by molar-refractivity contribution is -0.155. The SMILES string of the molecule is CC1CCN(C(=O)C(C)(C)C(=O)N2CCN(c3ncccn3)CC2)CC1. The van der Waals surface area contributed by atoms with Crippen molar-refractivity contribution in [3.05, 3.63) is 18.5 Å². The quantitative estimate of drug-likeness (QED) is 0.763. The summed E-state index contributed by atoms with van der Waals surface area (Å²) in [5.74, 6) is 1.24. The largest absolute Gasteiger partial charge is 0.342 e. The van der Waals surface area contributed by atoms with Gasteiger partial charge in [-0.1, -0.05) is 6.92 Å². The molecule has 0 saturated carbocycles. The van der Waals surface area contributed by atoms with Crippen molar-refractivity contribution in [1.82, 2.24) is 19.8 Å². The van der Waals surface area contributed by atoms with Crippen molar-refractivity contribution in [2.45, 2.75) is 33.6 Å². The first-order valence-corrected chi connectivity index (χ1v) is 9.50. The summed E-state index contributed by atoms with van der Waals surface area (Å²) in [5.41, 5.74) is -1.01. The predicted molar refractivity (Wildman–Crippen MR) is 99.6 cm³/mol. The molecule has 0 radical (unpaired) electrons. The van der Waals surface area contributed by atoms with Crippen LogP contribution in [-0.4, -0.2) is 70.9 Å². The number of rotatable bonds is 3. The maximum atomic E-state index is 13.0. The molecule has 0 aromatic carbocycles. The Kier molecular flexibility index (Phi) is 5.44. The van der Waals surface area contributed by atoms with Crippen molar-refractivity contribution in [2.75, 3.05) is 44.2 Å². The van der Waals surface area contributed by atoms with Crippen molar-refractivity contribution >= 4 is 17.8 Å². The number of hydrogen-bond donors (Lipinski definition) is 0. The topological polar surface area (TPSA) is 69.6 Å². The van der Waals surface area contributed by atoms with E-state index in [1.165, 1.54) is 0 Å². The van der Waals surface area contributed by atoms with Gasteiger partial charge in [-0.05, 0) is 38.7 Å². The second-order valence-electron chi connectivity index (χ2n) is 7.93. The van der Waals surface area contributed by atoms with Gasteiger partial charge < -0.3 is 14.7 Å². The van der Waals surface area contributed by atoms with Crippen molar-refractivity contribution in [3.63, 3.8) is 0 Å². The first-order chi connectivity index (χ1) is 12.4. The van der Waals surface area contributed by atoms with E-state index < -0.39 is 5.41 Å². The third kappa shape index (κ3) is 3.81. The van der Waals surface area contributed by atoms with Crippen LogP contribution in [-0.2, 0) is 9.59 Å². The lowest BCUT2D eigenvalue weighted by Crippen LogP contribution is -2.56. The molecule has 3 rings (SSSR count). The van der Waals surface area contributed by atoms with E-state index in [0.717, 1.165) is 25.9 Å². The van der Waals surface area contributed by atoms with Crippen LogP contribution in [0.4, 0.5) is 5.95 Å². The normalized spacial score (nSPS) is 19.6. The van der Waals surface area contributed by atoms with Crippen LogP contribution in [0.5, 0.6) is 0 Å². The molecule has 7 nitrogen and oxygen atoms in total. The summed E-state index contributed by atoms with van der Waals surface area (Å²) in [4.78, 5) is 40.3. The zero-order valence-corrected chi connectivity index (χ0v) is 16.0. The van der Waals surface area contributed by atoms with E-state index in [-0.39, 0.29) is 11.8 Å². The first kappa shape index (κ1) is 18.6. The molecule has 142 valence electrons. The Hall–Kier alpha value is -2.18. The summed E-state index contributed by atoms with van der Waals surface area (Å²) < 4.78 is 0. The molecule has 0 aliphatic carbocycles. The number of piperazine rings is 1. The van der Waals surface area contributed by atoms with Gasteiger partial charge in [-0.3, -0.25) is 9.59 Å². The fourth-order valence-corrected chi connectivity index (χ4v) is 3.66. The third-order valence-corrected chi connectivity index (χ3v) is 5.54. The molecular weight excluding hydrogens is 330 g/mol. The number of hydrogen-bond acceptors (Lipinski definition) is 5. The smallest absolute Gasteiger partial charge is 0.237 e. The standard InChI is InChI=1S/C19H29N5O2/c1-15-5-9-22(10-6-15)16(25)19(2,3)17(26)23-11-13-24(14-12-23)18-20-7-4-8-21-18/h4,7-8,15H,5-6,9-14H2,1-3H3. The maximum Gasteiger partial charge on any atom is 0.237 e. The number of aromatic nitrogens is 2. The van der Waals surface area contributed by atoms with E-state index >= 15 is 0 Å². The average Bonchev–Trinajstić information content (AvgIpc) is 2.68. The molecule has 0 bridgehead atoms. The molecule has 0 unspecified atom stereocenters. The molecule has 26 heavy (non-hydrogen) atoms. The summed E-state index contributed by atoms with van der Waals surface area (Å²) in [7, 11) is 0. The summed E-state index contributed by atoms with van der Waals surface area (Å²) >= 11 is 0. The Morgan fingerprint density at radius 2 is 1.42 bits per heavy atom. The second-order valence-corrected chi connectivity index (χ2v) is 7.93. The number of nitrogens with zero attached hydrogens (tertiary/aromatic N) is 5. The molecule has 2 fully saturated rings. The van der Waals surface area contributed by atoms with Gasteiger partial charge in [0.15, 0.2) is 0 Å². The number of amides is 2. The van der Waals surface area contributed by atoms with Crippen molar-refractivity contribution in [2.24, 2.45) is 11.3 Å². The minimum atomic E-state index is -1.01. The summed E-state index contributed by atoms with van der Waals surface area (Å²) in [6.07, 6.45) is 5.49. The Bertz CT molecular complexity index is 633. The van der Waals surface area contributed by atoms with Crippen molar-refractivity contribution in [1.29, 1.82) is 0 Å². The van der Waals surface area contributed by atoms with Crippen LogP contribution >= 0.6 is 0 Å². The molecule has 2 saturated heterocycles. The van der Waals surface area contributed by atoms with E-state index in [1.54, 1.807) is 32.3 Å². The molecule has 1 aromatic heterocycles. The van der Waals surface area contributed by atoms with Gasteiger partial charge in [0.25, 0.3) is 0 Å². The monoisotopic (exact) mass is 359 g/mol. The Morgan fingerprint density at radius 1 is 0.923 bits per heavy atom. The van der Waals surface area contributed by atoms with Gasteiger partial charge >= 0.3 is 0 Å². The number of carbonyl (C=O) groups is 2. The molecule has 0 spiro atoms. The minimum absolute atomic E-state index is 0.0387. The number of anilines is 1. The molecule has 2 aliphatic heterocycles. The van der Waals surface area contributed by atoms with Crippen LogP contribution in [0, 0.1) is 11.3 Å². The van der Waals surface area contributed by atoms with E-state index in [4.69, 9.17) is 0 Å². The zero-order valence-electron chi connectivity index (χ0n) is 16.0. The van der Waals surface area contributed by atoms with Crippen molar-refractivity contribution < 1.29 is 9.59 Å². The van der Waals surface area contributed by atoms with Gasteiger partial charge in [-0.15, -0.1) is 0 Å². The molecular formula is C19H29N5O2. The third-order valence-electron chi connectivity index (χ3n) is 5.54. The van der Waals surface area contributed by atoms with Crippen LogP contribution in [0.3, 0.4) is 0 Å². The number of likely N-dealkylation sites (tertiary alicyclic amines) is 1. The van der Waals surface area contributed by atoms with E-state index in [9.17, 15) is 9.59 Å². The average molecular weight is 359 g/mol. The summed E-state index contributed by atoms with van der Waals surface area (Å²) in [6.45, 7) is 9.81. The highest BCUT2D eigenvalue weighted by molar-refractivity contribution is 6.04. The van der Waals surface area contributed by atoms with Gasteiger partial charge in [0.2, 0.25) is 17.8 Å². The first-order valence-electron chi connectivity index (χ1n) is 9.50. The van der Waals surface area contributed by atoms with Gasteiger partial charge in [-0.2, -0.15) is 0 Å². The fraction of sp³-hybridized carbons (Fsp3) is 0.684. The van der Waals surface area contributed by atoms with Crippen LogP contribution in [0.15, 0.2) is 18.5 Å². The molecule has 3 heterocycles. The fourth-order valence-electron chi connectivity index (χ4n) is 3.66. The lowest BCUT2D eigenvalue weighted by Gasteiger charge is -2.40. The molecule has 1 aromatic rings. The highest BCUT2D eigenvalue weighted by Gasteiger charge is 2.43. The molecule has 2 amide bonds. The highest BCUT2D eigenvalue weighted by atomic mass is 16.2. The van der Waals surface area contributed by atoms with Crippen molar-refractivity contribution in [3.8, 4) is 0 Å². The lowest BCUT2D eigenvalue weighted by atomic mass is 9.87. The Balaban J connectivity index is 1.59. The zero-order chi connectivity index (χ0) is 18.7. The Morgan fingerprint density at radius 3 is 1.96 bits per heavy atom. The van der Waals surface area contributed by atoms with E-state index in [1.807, 2.05) is 9.80 Å². The molecule has 0 atom stereocenters. The molecule has 2 aliphatic rings. The van der Waals surface area contributed by atoms with Gasteiger partial charge in [0.05, 0.1) is 0 Å². The summed E-state index contributed by atoms with van der Waals surface area (Å²) in [5, 5.41) is 0. The van der Waals surface area contributed by atoms with Crippen LogP contribution in [0.1, 0.15) is 33.6 Å². The minimum Gasteiger partial charge on any atom is -0.342 e. The highest BCUT2D eigenvalue weighted by Crippen LogP contribution is 2.27. The molecule has 7 heteroatoms. The number of carbonyl (C=O) groups excluding carboxylic acids is 2. The van der Waals surface area contributed by atoms with Crippen LogP contribution in [0.25, 0.3) is 0 Å². The van der Waals surface area contributed by atoms with Gasteiger partial charge in [0.1, 0.15) is 5.41 Å². The Labute approximate surface area is 155 Å². The predicted octanol–water partition coefficient (Wildman–Crippen LogP) is 1.41. The van der Waals surface area contributed by atoms with Gasteiger partial charge in [0, 0.05) is 51.7 Å². The summed E-state index contributed by atoms with van der Waals surface area (Å²) in [6, 6.07) is 1.79. The van der Waals surface area contributed by atoms with E-state index in [2.05, 4.69) is 21.8 Å². The van der Waals surface area contributed by atoms with Gasteiger partial charge in [-0.25, -0.2) is 9.97 Å². The van der Waals surface area contributed by atoms with Crippen LogP contribution in [0.2, 0.25) is 0 Å². The molecule has 0 N–H and O–H groups in total. The van der Waals surface area contributed by atoms with Crippen LogP contribution < -0.4 is 4.90 Å². The second kappa shape index (κ2) is 7.60. The van der Waals surface area contributed by atoms with E-state index in [0.29, 0.717) is 38.0 Å².